The van der Waals surface area contributed by atoms with Gasteiger partial charge in [0.2, 0.25) is 0 Å². The number of rotatable bonds is 3. The van der Waals surface area contributed by atoms with Crippen LogP contribution in [0.2, 0.25) is 0 Å². The number of aryl methyl sites for hydroxylation is 2. The fraction of sp³-hybridized carbons (Fsp3) is 0.438. The van der Waals surface area contributed by atoms with Crippen LogP contribution in [0.15, 0.2) is 24.3 Å². The Kier molecular flexibility index (Phi) is 3.49. The molecule has 1 aliphatic heterocycles. The second-order valence-corrected chi connectivity index (χ2v) is 5.45. The fourth-order valence-electron chi connectivity index (χ4n) is 2.95. The Labute approximate surface area is 119 Å². The number of aromatic hydroxyl groups is 1. The molecule has 4 heteroatoms. The molecule has 0 fully saturated rings. The third kappa shape index (κ3) is 2.43. The minimum atomic E-state index is 0.256. The van der Waals surface area contributed by atoms with Crippen LogP contribution in [0.1, 0.15) is 35.5 Å². The molecule has 3 rings (SSSR count). The van der Waals surface area contributed by atoms with E-state index in [1.165, 1.54) is 16.8 Å². The number of phenolic OH excluding ortho intramolecular Hbond substituents is 1. The largest absolute Gasteiger partial charge is 0.508 e. The first-order valence-electron chi connectivity index (χ1n) is 7.24. The van der Waals surface area contributed by atoms with Crippen LogP contribution in [0.3, 0.4) is 0 Å². The number of fused-ring (bicyclic) bond motifs is 1. The van der Waals surface area contributed by atoms with E-state index in [0.29, 0.717) is 5.75 Å². The molecule has 1 aromatic carbocycles. The van der Waals surface area contributed by atoms with E-state index >= 15 is 0 Å². The van der Waals surface area contributed by atoms with Crippen LogP contribution in [-0.4, -0.2) is 21.4 Å². The number of nitrogens with zero attached hydrogens (tertiary/aromatic N) is 2. The molecule has 0 spiro atoms. The molecule has 0 aliphatic carbocycles. The van der Waals surface area contributed by atoms with Crippen LogP contribution < -0.4 is 5.32 Å². The van der Waals surface area contributed by atoms with Gasteiger partial charge in [-0.1, -0.05) is 13.0 Å². The minimum absolute atomic E-state index is 0.256. The van der Waals surface area contributed by atoms with Gasteiger partial charge >= 0.3 is 0 Å². The summed E-state index contributed by atoms with van der Waals surface area (Å²) >= 11 is 0. The van der Waals surface area contributed by atoms with E-state index in [-0.39, 0.29) is 6.04 Å². The van der Waals surface area contributed by atoms with Crippen molar-refractivity contribution < 1.29 is 5.11 Å². The average Bonchev–Trinajstić information content (AvgIpc) is 2.80. The van der Waals surface area contributed by atoms with E-state index < -0.39 is 0 Å². The van der Waals surface area contributed by atoms with Crippen molar-refractivity contribution in [3.05, 3.63) is 46.8 Å². The van der Waals surface area contributed by atoms with Crippen molar-refractivity contribution in [2.24, 2.45) is 7.05 Å². The second-order valence-electron chi connectivity index (χ2n) is 5.45. The maximum absolute atomic E-state index is 9.72. The van der Waals surface area contributed by atoms with Crippen molar-refractivity contribution in [1.82, 2.24) is 15.1 Å². The third-order valence-corrected chi connectivity index (χ3v) is 4.09. The number of aromatic nitrogens is 2. The smallest absolute Gasteiger partial charge is 0.115 e. The summed E-state index contributed by atoms with van der Waals surface area (Å²) in [6, 6.07) is 8.15. The van der Waals surface area contributed by atoms with Crippen LogP contribution in [-0.2, 0) is 26.3 Å². The highest BCUT2D eigenvalue weighted by atomic mass is 16.3. The molecule has 1 aliphatic rings. The van der Waals surface area contributed by atoms with Crippen LogP contribution in [0.25, 0.3) is 0 Å². The SMILES string of the molecule is CCc1cc(CC2NCCc3ccc(O)cc32)n(C)n1. The topological polar surface area (TPSA) is 50.1 Å². The predicted molar refractivity (Wildman–Crippen MR) is 78.8 cm³/mol. The van der Waals surface area contributed by atoms with Gasteiger partial charge in [0.25, 0.3) is 0 Å². The maximum atomic E-state index is 9.72. The Morgan fingerprint density at radius 3 is 3.00 bits per heavy atom. The van der Waals surface area contributed by atoms with E-state index in [2.05, 4.69) is 23.4 Å². The molecule has 20 heavy (non-hydrogen) atoms. The van der Waals surface area contributed by atoms with Crippen molar-refractivity contribution in [2.75, 3.05) is 6.54 Å². The van der Waals surface area contributed by atoms with Crippen molar-refractivity contribution in [2.45, 2.75) is 32.2 Å². The fourth-order valence-corrected chi connectivity index (χ4v) is 2.95. The Balaban J connectivity index is 1.89. The van der Waals surface area contributed by atoms with Crippen molar-refractivity contribution in [3.8, 4) is 5.75 Å². The molecule has 1 unspecified atom stereocenters. The van der Waals surface area contributed by atoms with Crippen molar-refractivity contribution >= 4 is 0 Å². The molecule has 1 aromatic heterocycles. The van der Waals surface area contributed by atoms with Crippen molar-refractivity contribution in [1.29, 1.82) is 0 Å². The lowest BCUT2D eigenvalue weighted by Gasteiger charge is -2.27. The van der Waals surface area contributed by atoms with Gasteiger partial charge in [0.1, 0.15) is 5.75 Å². The Bertz CT molecular complexity index is 618. The second kappa shape index (κ2) is 5.29. The molecule has 2 N–H and O–H groups in total. The number of nitrogens with one attached hydrogen (secondary N) is 1. The Hall–Kier alpha value is -1.81. The number of phenols is 1. The van der Waals surface area contributed by atoms with Gasteiger partial charge in [-0.2, -0.15) is 5.10 Å². The quantitative estimate of drug-likeness (QED) is 0.899. The molecule has 2 aromatic rings. The Morgan fingerprint density at radius 2 is 2.25 bits per heavy atom. The van der Waals surface area contributed by atoms with E-state index in [4.69, 9.17) is 0 Å². The lowest BCUT2D eigenvalue weighted by atomic mass is 9.91. The van der Waals surface area contributed by atoms with Gasteiger partial charge in [-0.3, -0.25) is 4.68 Å². The molecule has 1 atom stereocenters. The minimum Gasteiger partial charge on any atom is -0.508 e. The standard InChI is InChI=1S/C16H21N3O/c1-3-12-8-13(19(2)18-12)9-16-15-10-14(20)5-4-11(15)6-7-17-16/h4-5,8,10,16-17,20H,3,6-7,9H2,1-2H3. The van der Waals surface area contributed by atoms with Gasteiger partial charge in [0.05, 0.1) is 5.69 Å². The van der Waals surface area contributed by atoms with Gasteiger partial charge < -0.3 is 10.4 Å². The maximum Gasteiger partial charge on any atom is 0.115 e. The molecule has 0 amide bonds. The van der Waals surface area contributed by atoms with Gasteiger partial charge in [0.15, 0.2) is 0 Å². The molecule has 4 nitrogen and oxygen atoms in total. The Morgan fingerprint density at radius 1 is 1.40 bits per heavy atom. The molecular formula is C16H21N3O. The van der Waals surface area contributed by atoms with Crippen LogP contribution in [0.4, 0.5) is 0 Å². The summed E-state index contributed by atoms with van der Waals surface area (Å²) in [7, 11) is 2.00. The van der Waals surface area contributed by atoms with Gasteiger partial charge in [-0.05, 0) is 48.7 Å². The summed E-state index contributed by atoms with van der Waals surface area (Å²) < 4.78 is 1.97. The average molecular weight is 271 g/mol. The summed E-state index contributed by atoms with van der Waals surface area (Å²) in [5, 5.41) is 17.8. The summed E-state index contributed by atoms with van der Waals surface area (Å²) in [6.07, 6.45) is 2.89. The zero-order valence-corrected chi connectivity index (χ0v) is 12.1. The first-order chi connectivity index (χ1) is 9.67. The predicted octanol–water partition coefficient (Wildman–Crippen LogP) is 2.12. The molecule has 0 saturated heterocycles. The zero-order valence-electron chi connectivity index (χ0n) is 12.1. The van der Waals surface area contributed by atoms with Crippen LogP contribution in [0, 0.1) is 0 Å². The normalized spacial score (nSPS) is 18.0. The lowest BCUT2D eigenvalue weighted by Crippen LogP contribution is -2.31. The summed E-state index contributed by atoms with van der Waals surface area (Å²) in [4.78, 5) is 0. The van der Waals surface area contributed by atoms with Crippen LogP contribution >= 0.6 is 0 Å². The van der Waals surface area contributed by atoms with Crippen LogP contribution in [0.5, 0.6) is 5.75 Å². The highest BCUT2D eigenvalue weighted by Gasteiger charge is 2.21. The molecule has 106 valence electrons. The highest BCUT2D eigenvalue weighted by Crippen LogP contribution is 2.29. The molecule has 0 bridgehead atoms. The lowest BCUT2D eigenvalue weighted by molar-refractivity contribution is 0.460. The first kappa shape index (κ1) is 13.2. The summed E-state index contributed by atoms with van der Waals surface area (Å²) in [5.74, 6) is 0.344. The van der Waals surface area contributed by atoms with E-state index in [1.807, 2.05) is 23.9 Å². The van der Waals surface area contributed by atoms with Crippen molar-refractivity contribution in [3.63, 3.8) is 0 Å². The van der Waals surface area contributed by atoms with Gasteiger partial charge in [-0.15, -0.1) is 0 Å². The molecule has 0 saturated carbocycles. The molecule has 2 heterocycles. The third-order valence-electron chi connectivity index (χ3n) is 4.09. The summed E-state index contributed by atoms with van der Waals surface area (Å²) in [6.45, 7) is 3.11. The van der Waals surface area contributed by atoms with Gasteiger partial charge in [0, 0.05) is 25.2 Å². The number of hydrogen-bond acceptors (Lipinski definition) is 3. The molecule has 0 radical (unpaired) electrons. The van der Waals surface area contributed by atoms with E-state index in [9.17, 15) is 5.11 Å². The van der Waals surface area contributed by atoms with E-state index in [1.54, 1.807) is 6.07 Å². The number of hydrogen-bond donors (Lipinski definition) is 2. The summed E-state index contributed by atoms with van der Waals surface area (Å²) in [5.41, 5.74) is 4.92. The first-order valence-corrected chi connectivity index (χ1v) is 7.24. The highest BCUT2D eigenvalue weighted by molar-refractivity contribution is 5.39. The van der Waals surface area contributed by atoms with Gasteiger partial charge in [-0.25, -0.2) is 0 Å². The van der Waals surface area contributed by atoms with E-state index in [0.717, 1.165) is 31.5 Å². The molecular weight excluding hydrogens is 250 g/mol. The number of benzene rings is 1. The monoisotopic (exact) mass is 271 g/mol. The zero-order chi connectivity index (χ0) is 14.1.